The number of benzene rings is 2. The number of nitrogens with zero attached hydrogens (tertiary/aromatic N) is 4. The van der Waals surface area contributed by atoms with E-state index in [9.17, 15) is 4.79 Å². The Kier molecular flexibility index (Phi) is 7.90. The third-order valence-electron chi connectivity index (χ3n) is 5.52. The molecule has 1 amide bonds. The van der Waals surface area contributed by atoms with Crippen molar-refractivity contribution in [2.45, 2.75) is 44.6 Å². The minimum atomic E-state index is -0.384. The van der Waals surface area contributed by atoms with Crippen LogP contribution in [-0.2, 0) is 17.9 Å². The molecular formula is C26H30N4O3S. The van der Waals surface area contributed by atoms with Gasteiger partial charge in [-0.05, 0) is 31.0 Å². The Morgan fingerprint density at radius 1 is 1.21 bits per heavy atom. The van der Waals surface area contributed by atoms with Crippen molar-refractivity contribution in [3.63, 3.8) is 0 Å². The number of hydrogen-bond donors (Lipinski definition) is 0. The molecule has 0 radical (unpaired) electrons. The predicted octanol–water partition coefficient (Wildman–Crippen LogP) is 4.82. The second kappa shape index (κ2) is 11.2. The smallest absolute Gasteiger partial charge is 0.233 e. The lowest BCUT2D eigenvalue weighted by Gasteiger charge is -2.26. The Bertz CT molecular complexity index is 1130. The van der Waals surface area contributed by atoms with Crippen LogP contribution in [0.3, 0.4) is 0 Å². The summed E-state index contributed by atoms with van der Waals surface area (Å²) in [6.45, 7) is 10.2. The van der Waals surface area contributed by atoms with Gasteiger partial charge in [0.1, 0.15) is 6.61 Å². The average molecular weight is 479 g/mol. The predicted molar refractivity (Wildman–Crippen MR) is 133 cm³/mol. The second-order valence-electron chi connectivity index (χ2n) is 8.19. The number of carbonyl (C=O) groups excluding carboxylic acids is 1. The number of amides is 1. The molecule has 0 spiro atoms. The standard InChI is InChI=1S/C26H30N4O3S/c1-4-14-29(16-20-12-10-19(3)11-13-20)24(31)18-34-26-28-27-25(30(26)15-5-2)23-17-32-21-8-6-7-9-22(21)33-23/h5-13,23H,2,4,14-18H2,1,3H3/t23-/m0/s1. The van der Waals surface area contributed by atoms with Crippen LogP contribution in [0, 0.1) is 6.92 Å². The minimum Gasteiger partial charge on any atom is -0.485 e. The van der Waals surface area contributed by atoms with Crippen LogP contribution in [0.4, 0.5) is 0 Å². The van der Waals surface area contributed by atoms with E-state index in [1.54, 1.807) is 6.08 Å². The van der Waals surface area contributed by atoms with Crippen molar-refractivity contribution in [2.24, 2.45) is 0 Å². The molecule has 0 saturated carbocycles. The molecule has 0 aliphatic carbocycles. The highest BCUT2D eigenvalue weighted by atomic mass is 32.2. The molecule has 0 bridgehead atoms. The van der Waals surface area contributed by atoms with Crippen molar-refractivity contribution in [2.75, 3.05) is 18.9 Å². The van der Waals surface area contributed by atoms with Crippen LogP contribution in [0.1, 0.15) is 36.4 Å². The maximum atomic E-state index is 13.1. The number of fused-ring (bicyclic) bond motifs is 1. The number of hydrogen-bond acceptors (Lipinski definition) is 6. The second-order valence-corrected chi connectivity index (χ2v) is 9.14. The Morgan fingerprint density at radius 2 is 1.97 bits per heavy atom. The third-order valence-corrected chi connectivity index (χ3v) is 6.47. The zero-order valence-corrected chi connectivity index (χ0v) is 20.5. The van der Waals surface area contributed by atoms with Crippen molar-refractivity contribution in [1.82, 2.24) is 19.7 Å². The molecule has 3 aromatic rings. The van der Waals surface area contributed by atoms with Gasteiger partial charge >= 0.3 is 0 Å². The largest absolute Gasteiger partial charge is 0.485 e. The van der Waals surface area contributed by atoms with Crippen molar-refractivity contribution < 1.29 is 14.3 Å². The molecule has 178 valence electrons. The number of rotatable bonds is 10. The SMILES string of the molecule is C=CCn1c(SCC(=O)N(CCC)Cc2ccc(C)cc2)nnc1[C@@H]1COc2ccccc2O1. The summed E-state index contributed by atoms with van der Waals surface area (Å²) in [6, 6.07) is 15.9. The summed E-state index contributed by atoms with van der Waals surface area (Å²) in [7, 11) is 0. The van der Waals surface area contributed by atoms with Crippen LogP contribution in [0.25, 0.3) is 0 Å². The van der Waals surface area contributed by atoms with Gasteiger partial charge in [-0.2, -0.15) is 0 Å². The number of thioether (sulfide) groups is 1. The average Bonchev–Trinajstić information content (AvgIpc) is 3.26. The summed E-state index contributed by atoms with van der Waals surface area (Å²) in [5.74, 6) is 2.43. The number of ether oxygens (including phenoxy) is 2. The molecule has 1 atom stereocenters. The third kappa shape index (κ3) is 5.62. The highest BCUT2D eigenvalue weighted by Crippen LogP contribution is 2.36. The van der Waals surface area contributed by atoms with E-state index in [0.29, 0.717) is 43.0 Å². The first-order chi connectivity index (χ1) is 16.6. The molecule has 4 rings (SSSR count). The van der Waals surface area contributed by atoms with Gasteiger partial charge in [0.2, 0.25) is 5.91 Å². The number of para-hydroxylation sites is 2. The maximum Gasteiger partial charge on any atom is 0.233 e. The molecule has 2 heterocycles. The molecule has 0 N–H and O–H groups in total. The Hall–Kier alpha value is -3.26. The monoisotopic (exact) mass is 478 g/mol. The van der Waals surface area contributed by atoms with Crippen LogP contribution in [0.5, 0.6) is 11.5 Å². The summed E-state index contributed by atoms with van der Waals surface area (Å²) < 4.78 is 13.9. The molecule has 1 aromatic heterocycles. The van der Waals surface area contributed by atoms with E-state index >= 15 is 0 Å². The van der Waals surface area contributed by atoms with Gasteiger partial charge < -0.3 is 14.4 Å². The fraction of sp³-hybridized carbons (Fsp3) is 0.346. The van der Waals surface area contributed by atoms with Crippen molar-refractivity contribution in [1.29, 1.82) is 0 Å². The van der Waals surface area contributed by atoms with E-state index in [1.807, 2.05) is 33.7 Å². The normalized spacial score (nSPS) is 14.6. The lowest BCUT2D eigenvalue weighted by Crippen LogP contribution is -2.32. The molecule has 0 fully saturated rings. The molecule has 7 nitrogen and oxygen atoms in total. The topological polar surface area (TPSA) is 69.5 Å². The van der Waals surface area contributed by atoms with E-state index in [2.05, 4.69) is 54.9 Å². The van der Waals surface area contributed by atoms with E-state index < -0.39 is 0 Å². The minimum absolute atomic E-state index is 0.0771. The fourth-order valence-corrected chi connectivity index (χ4v) is 4.64. The van der Waals surface area contributed by atoms with Gasteiger partial charge in [0.15, 0.2) is 28.6 Å². The van der Waals surface area contributed by atoms with Crippen LogP contribution in [-0.4, -0.2) is 44.5 Å². The van der Waals surface area contributed by atoms with Gasteiger partial charge in [0.25, 0.3) is 0 Å². The first-order valence-electron chi connectivity index (χ1n) is 11.5. The number of carbonyl (C=O) groups is 1. The van der Waals surface area contributed by atoms with Crippen LogP contribution < -0.4 is 9.47 Å². The lowest BCUT2D eigenvalue weighted by molar-refractivity contribution is -0.129. The zero-order valence-electron chi connectivity index (χ0n) is 19.6. The summed E-state index contributed by atoms with van der Waals surface area (Å²) in [5.41, 5.74) is 2.34. The quantitative estimate of drug-likeness (QED) is 0.308. The van der Waals surface area contributed by atoms with Crippen LogP contribution in [0.15, 0.2) is 66.3 Å². The van der Waals surface area contributed by atoms with E-state index in [0.717, 1.165) is 17.7 Å². The Morgan fingerprint density at radius 3 is 2.71 bits per heavy atom. The molecule has 0 unspecified atom stereocenters. The summed E-state index contributed by atoms with van der Waals surface area (Å²) >= 11 is 1.39. The van der Waals surface area contributed by atoms with Gasteiger partial charge in [-0.25, -0.2) is 0 Å². The van der Waals surface area contributed by atoms with Gasteiger partial charge in [-0.3, -0.25) is 9.36 Å². The summed E-state index contributed by atoms with van der Waals surface area (Å²) in [6.07, 6.45) is 2.31. The number of allylic oxidation sites excluding steroid dienone is 1. The summed E-state index contributed by atoms with van der Waals surface area (Å²) in [4.78, 5) is 15.0. The van der Waals surface area contributed by atoms with Crippen molar-refractivity contribution in [3.05, 3.63) is 78.1 Å². The highest BCUT2D eigenvalue weighted by Gasteiger charge is 2.28. The van der Waals surface area contributed by atoms with Gasteiger partial charge in [-0.1, -0.05) is 66.7 Å². The van der Waals surface area contributed by atoms with Gasteiger partial charge in [-0.15, -0.1) is 16.8 Å². The fourth-order valence-electron chi connectivity index (χ4n) is 3.79. The molecule has 34 heavy (non-hydrogen) atoms. The number of aryl methyl sites for hydroxylation is 1. The zero-order chi connectivity index (χ0) is 23.9. The van der Waals surface area contributed by atoms with Crippen LogP contribution >= 0.6 is 11.8 Å². The van der Waals surface area contributed by atoms with Gasteiger partial charge in [0, 0.05) is 19.6 Å². The van der Waals surface area contributed by atoms with Crippen molar-refractivity contribution >= 4 is 17.7 Å². The molecular weight excluding hydrogens is 448 g/mol. The van der Waals surface area contributed by atoms with E-state index in [4.69, 9.17) is 9.47 Å². The molecule has 1 aliphatic rings. The Balaban J connectivity index is 1.44. The van der Waals surface area contributed by atoms with E-state index in [1.165, 1.54) is 17.3 Å². The molecule has 0 saturated heterocycles. The van der Waals surface area contributed by atoms with E-state index in [-0.39, 0.29) is 17.8 Å². The summed E-state index contributed by atoms with van der Waals surface area (Å²) in [5, 5.41) is 9.40. The first-order valence-corrected chi connectivity index (χ1v) is 12.5. The van der Waals surface area contributed by atoms with Crippen molar-refractivity contribution in [3.8, 4) is 11.5 Å². The first kappa shape index (κ1) is 23.9. The molecule has 8 heteroatoms. The highest BCUT2D eigenvalue weighted by molar-refractivity contribution is 7.99. The molecule has 1 aliphatic heterocycles. The Labute approximate surface area is 204 Å². The number of aromatic nitrogens is 3. The molecule has 2 aromatic carbocycles. The van der Waals surface area contributed by atoms with Gasteiger partial charge in [0.05, 0.1) is 5.75 Å². The van der Waals surface area contributed by atoms with Crippen LogP contribution in [0.2, 0.25) is 0 Å². The maximum absolute atomic E-state index is 13.1. The lowest BCUT2D eigenvalue weighted by atomic mass is 10.1.